The van der Waals surface area contributed by atoms with Gasteiger partial charge in [-0.1, -0.05) is 11.8 Å². The number of hydrogen-bond donors (Lipinski definition) is 0. The summed E-state index contributed by atoms with van der Waals surface area (Å²) in [5.74, 6) is 0.617. The van der Waals surface area contributed by atoms with Crippen molar-refractivity contribution in [2.45, 2.75) is 23.7 Å². The summed E-state index contributed by atoms with van der Waals surface area (Å²) in [6.45, 7) is 0.240. The molecule has 0 bridgehead atoms. The van der Waals surface area contributed by atoms with Crippen LogP contribution in [0, 0.1) is 5.82 Å². The molecule has 0 aliphatic rings. The van der Waals surface area contributed by atoms with Gasteiger partial charge < -0.3 is 4.74 Å². The topological polar surface area (TPSA) is 52.3 Å². The van der Waals surface area contributed by atoms with Crippen molar-refractivity contribution in [3.8, 4) is 5.75 Å². The highest BCUT2D eigenvalue weighted by atomic mass is 32.2. The molecule has 0 fully saturated rings. The van der Waals surface area contributed by atoms with Crippen LogP contribution >= 0.6 is 23.1 Å². The first kappa shape index (κ1) is 19.6. The number of halogens is 4. The maximum absolute atomic E-state index is 12.9. The molecule has 0 aliphatic carbocycles. The fourth-order valence-electron chi connectivity index (χ4n) is 2.43. The summed E-state index contributed by atoms with van der Waals surface area (Å²) in [5, 5.41) is 10.8. The van der Waals surface area contributed by atoms with E-state index < -0.39 is 11.7 Å². The van der Waals surface area contributed by atoms with Crippen LogP contribution < -0.4 is 4.74 Å². The summed E-state index contributed by atoms with van der Waals surface area (Å²) in [6.07, 6.45) is -3.45. The van der Waals surface area contributed by atoms with E-state index in [2.05, 4.69) is 15.2 Å². The van der Waals surface area contributed by atoms with E-state index in [1.807, 2.05) is 5.38 Å². The summed E-state index contributed by atoms with van der Waals surface area (Å²) in [4.78, 5) is 4.44. The smallest absolute Gasteiger partial charge is 0.417 e. The van der Waals surface area contributed by atoms with Gasteiger partial charge in [-0.3, -0.25) is 4.40 Å². The molecule has 3 aromatic heterocycles. The molecule has 0 N–H and O–H groups in total. The molecule has 11 heteroatoms. The molecule has 0 radical (unpaired) electrons. The molecule has 0 saturated heterocycles. The number of pyridine rings is 1. The van der Waals surface area contributed by atoms with Gasteiger partial charge in [-0.2, -0.15) is 13.2 Å². The third-order valence-corrected chi connectivity index (χ3v) is 5.67. The van der Waals surface area contributed by atoms with Gasteiger partial charge in [-0.15, -0.1) is 21.5 Å². The first-order valence-electron chi connectivity index (χ1n) is 8.25. The van der Waals surface area contributed by atoms with Crippen LogP contribution in [0.15, 0.2) is 53.1 Å². The molecule has 3 heterocycles. The number of alkyl halides is 3. The van der Waals surface area contributed by atoms with Gasteiger partial charge >= 0.3 is 6.18 Å². The number of benzene rings is 1. The first-order chi connectivity index (χ1) is 13.9. The second-order valence-corrected chi connectivity index (χ2v) is 7.78. The highest BCUT2D eigenvalue weighted by Gasteiger charge is 2.31. The Morgan fingerprint density at radius 3 is 2.62 bits per heavy atom. The lowest BCUT2D eigenvalue weighted by Gasteiger charge is -2.07. The zero-order valence-electron chi connectivity index (χ0n) is 14.6. The molecule has 4 rings (SSSR count). The fraction of sp³-hybridized carbons (Fsp3) is 0.167. The molecule has 0 aliphatic heterocycles. The van der Waals surface area contributed by atoms with Crippen molar-refractivity contribution >= 4 is 28.7 Å². The van der Waals surface area contributed by atoms with Crippen LogP contribution in [0.2, 0.25) is 0 Å². The maximum Gasteiger partial charge on any atom is 0.417 e. The average molecular weight is 440 g/mol. The Bertz CT molecular complexity index is 1130. The third kappa shape index (κ3) is 4.67. The SMILES string of the molecule is Fc1ccc(OCc2nc(CSc3nnc4ccc(C(F)(F)F)cn34)cs2)cc1. The molecule has 0 saturated carbocycles. The number of ether oxygens (including phenoxy) is 1. The van der Waals surface area contributed by atoms with E-state index in [-0.39, 0.29) is 12.4 Å². The lowest BCUT2D eigenvalue weighted by Crippen LogP contribution is -2.06. The minimum absolute atomic E-state index is 0.240. The van der Waals surface area contributed by atoms with E-state index in [9.17, 15) is 17.6 Å². The summed E-state index contributed by atoms with van der Waals surface area (Å²) < 4.78 is 58.5. The first-order valence-corrected chi connectivity index (χ1v) is 10.1. The Labute approximate surface area is 170 Å². The number of nitrogens with zero attached hydrogens (tertiary/aromatic N) is 4. The minimum Gasteiger partial charge on any atom is -0.486 e. The summed E-state index contributed by atoms with van der Waals surface area (Å²) in [6, 6.07) is 7.95. The molecule has 4 aromatic rings. The number of fused-ring (bicyclic) bond motifs is 1. The van der Waals surface area contributed by atoms with Crippen LogP contribution in [0.1, 0.15) is 16.3 Å². The molecule has 150 valence electrons. The Morgan fingerprint density at radius 1 is 1.07 bits per heavy atom. The van der Waals surface area contributed by atoms with Crippen molar-refractivity contribution in [1.29, 1.82) is 0 Å². The second-order valence-electron chi connectivity index (χ2n) is 5.89. The van der Waals surface area contributed by atoms with Crippen molar-refractivity contribution in [3.63, 3.8) is 0 Å². The fourth-order valence-corrected chi connectivity index (χ4v) is 4.05. The summed E-state index contributed by atoms with van der Waals surface area (Å²) >= 11 is 2.65. The van der Waals surface area contributed by atoms with E-state index in [4.69, 9.17) is 4.74 Å². The standard InChI is InChI=1S/C18H12F4N4OS2/c19-12-2-4-14(5-3-12)27-8-16-23-13(9-28-16)10-29-17-25-24-15-6-1-11(7-26(15)17)18(20,21)22/h1-7,9H,8,10H2. The van der Waals surface area contributed by atoms with Gasteiger partial charge in [0.2, 0.25) is 0 Å². The predicted octanol–water partition coefficient (Wildman–Crippen LogP) is 5.22. The quantitative estimate of drug-likeness (QED) is 0.304. The third-order valence-electron chi connectivity index (χ3n) is 3.82. The molecule has 0 atom stereocenters. The van der Waals surface area contributed by atoms with Crippen molar-refractivity contribution in [1.82, 2.24) is 19.6 Å². The summed E-state index contributed by atoms with van der Waals surface area (Å²) in [7, 11) is 0. The Morgan fingerprint density at radius 2 is 1.86 bits per heavy atom. The average Bonchev–Trinajstić information content (AvgIpc) is 3.31. The van der Waals surface area contributed by atoms with E-state index in [0.29, 0.717) is 22.3 Å². The lowest BCUT2D eigenvalue weighted by molar-refractivity contribution is -0.137. The largest absolute Gasteiger partial charge is 0.486 e. The van der Waals surface area contributed by atoms with Crippen molar-refractivity contribution < 1.29 is 22.3 Å². The molecule has 0 amide bonds. The van der Waals surface area contributed by atoms with Crippen LogP contribution in [0.5, 0.6) is 5.75 Å². The molecule has 5 nitrogen and oxygen atoms in total. The molecular weight excluding hydrogens is 428 g/mol. The Kier molecular flexibility index (Phi) is 5.41. The molecular formula is C18H12F4N4OS2. The number of thiazole rings is 1. The van der Waals surface area contributed by atoms with E-state index in [1.54, 1.807) is 0 Å². The number of thioether (sulfide) groups is 1. The maximum atomic E-state index is 12.9. The molecule has 0 unspecified atom stereocenters. The van der Waals surface area contributed by atoms with E-state index in [0.717, 1.165) is 23.0 Å². The van der Waals surface area contributed by atoms with Gasteiger partial charge in [0.1, 0.15) is 23.2 Å². The van der Waals surface area contributed by atoms with Crippen molar-refractivity contribution in [3.05, 3.63) is 70.1 Å². The zero-order chi connectivity index (χ0) is 20.4. The van der Waals surface area contributed by atoms with Gasteiger partial charge in [-0.05, 0) is 36.4 Å². The number of aromatic nitrogens is 4. The van der Waals surface area contributed by atoms with Gasteiger partial charge in [0.15, 0.2) is 10.8 Å². The molecule has 29 heavy (non-hydrogen) atoms. The number of hydrogen-bond acceptors (Lipinski definition) is 6. The highest BCUT2D eigenvalue weighted by Crippen LogP contribution is 2.30. The van der Waals surface area contributed by atoms with Crippen LogP contribution in [-0.4, -0.2) is 19.6 Å². The highest BCUT2D eigenvalue weighted by molar-refractivity contribution is 7.98. The van der Waals surface area contributed by atoms with E-state index >= 15 is 0 Å². The lowest BCUT2D eigenvalue weighted by atomic mass is 10.3. The second kappa shape index (κ2) is 7.99. The van der Waals surface area contributed by atoms with Crippen LogP contribution in [-0.2, 0) is 18.5 Å². The van der Waals surface area contributed by atoms with Gasteiger partial charge in [0.05, 0.1) is 11.3 Å². The van der Waals surface area contributed by atoms with Gasteiger partial charge in [-0.25, -0.2) is 9.37 Å². The van der Waals surface area contributed by atoms with Crippen LogP contribution in [0.3, 0.4) is 0 Å². The van der Waals surface area contributed by atoms with Crippen molar-refractivity contribution in [2.75, 3.05) is 0 Å². The zero-order valence-corrected chi connectivity index (χ0v) is 16.2. The van der Waals surface area contributed by atoms with Gasteiger partial charge in [0, 0.05) is 17.3 Å². The monoisotopic (exact) mass is 440 g/mol. The normalized spacial score (nSPS) is 11.9. The van der Waals surface area contributed by atoms with Crippen molar-refractivity contribution in [2.24, 2.45) is 0 Å². The van der Waals surface area contributed by atoms with Crippen LogP contribution in [0.25, 0.3) is 5.65 Å². The minimum atomic E-state index is -4.44. The number of rotatable bonds is 6. The predicted molar refractivity (Wildman–Crippen MR) is 100 cm³/mol. The summed E-state index contributed by atoms with van der Waals surface area (Å²) in [5.41, 5.74) is 0.328. The Hall–Kier alpha value is -2.66. The van der Waals surface area contributed by atoms with E-state index in [1.165, 1.54) is 57.8 Å². The Balaban J connectivity index is 1.40. The molecule has 1 aromatic carbocycles. The van der Waals surface area contributed by atoms with Crippen LogP contribution in [0.4, 0.5) is 17.6 Å². The van der Waals surface area contributed by atoms with Gasteiger partial charge in [0.25, 0.3) is 0 Å². The molecule has 0 spiro atoms.